The Labute approximate surface area is 174 Å². The highest BCUT2D eigenvalue weighted by Crippen LogP contribution is 2.36. The lowest BCUT2D eigenvalue weighted by Gasteiger charge is -2.26. The van der Waals surface area contributed by atoms with E-state index in [-0.39, 0.29) is 16.2 Å². The number of benzene rings is 4. The summed E-state index contributed by atoms with van der Waals surface area (Å²) in [7, 11) is -4.96. The minimum absolute atomic E-state index is 0.0626. The Bertz CT molecular complexity index is 1550. The van der Waals surface area contributed by atoms with Crippen molar-refractivity contribution in [1.82, 2.24) is 5.06 Å². The fraction of sp³-hybridized carbons (Fsp3) is 0. The maximum absolute atomic E-state index is 14.0. The zero-order valence-electron chi connectivity index (χ0n) is 15.5. The van der Waals surface area contributed by atoms with Crippen LogP contribution >= 0.6 is 0 Å². The molecule has 31 heavy (non-hydrogen) atoms. The van der Waals surface area contributed by atoms with E-state index in [0.717, 1.165) is 6.07 Å². The molecule has 0 spiro atoms. The molecule has 0 unspecified atom stereocenters. The van der Waals surface area contributed by atoms with E-state index in [0.29, 0.717) is 33.7 Å². The first-order valence-corrected chi connectivity index (χ1v) is 10.4. The zero-order chi connectivity index (χ0) is 21.9. The first-order valence-electron chi connectivity index (χ1n) is 9.01. The number of rotatable bonds is 3. The van der Waals surface area contributed by atoms with Crippen molar-refractivity contribution in [3.8, 4) is 0 Å². The van der Waals surface area contributed by atoms with E-state index in [1.54, 1.807) is 36.4 Å². The largest absolute Gasteiger partial charge is 0.321 e. The lowest BCUT2D eigenvalue weighted by Crippen LogP contribution is -2.42. The molecule has 0 aromatic heterocycles. The van der Waals surface area contributed by atoms with Crippen molar-refractivity contribution in [2.45, 2.75) is 4.90 Å². The summed E-state index contributed by atoms with van der Waals surface area (Å²) in [5.41, 5.74) is 0.158. The van der Waals surface area contributed by atoms with Crippen molar-refractivity contribution in [1.29, 1.82) is 0 Å². The Hall–Kier alpha value is -3.69. The summed E-state index contributed by atoms with van der Waals surface area (Å²) in [4.78, 5) is 25.2. The van der Waals surface area contributed by atoms with Gasteiger partial charge in [0.05, 0.1) is 11.1 Å². The van der Waals surface area contributed by atoms with Gasteiger partial charge in [-0.15, -0.1) is 9.35 Å². The molecule has 6 nitrogen and oxygen atoms in total. The van der Waals surface area contributed by atoms with Gasteiger partial charge in [-0.2, -0.15) is 8.42 Å². The molecule has 0 fully saturated rings. The number of carbonyl (C=O) groups is 2. The maximum Gasteiger partial charge on any atom is 0.321 e. The van der Waals surface area contributed by atoms with E-state index in [1.165, 1.54) is 6.07 Å². The molecule has 9 heteroatoms. The van der Waals surface area contributed by atoms with Crippen molar-refractivity contribution in [2.75, 3.05) is 0 Å². The summed E-state index contributed by atoms with van der Waals surface area (Å²) < 4.78 is 57.2. The van der Waals surface area contributed by atoms with Gasteiger partial charge >= 0.3 is 10.1 Å². The zero-order valence-corrected chi connectivity index (χ0v) is 16.3. The minimum atomic E-state index is -4.96. The first-order chi connectivity index (χ1) is 14.8. The average Bonchev–Trinajstić information content (AvgIpc) is 2.73. The van der Waals surface area contributed by atoms with Crippen LogP contribution in [0.4, 0.5) is 8.78 Å². The lowest BCUT2D eigenvalue weighted by atomic mass is 9.90. The molecular formula is C22H11F2NO5S. The summed E-state index contributed by atoms with van der Waals surface area (Å²) >= 11 is 0. The van der Waals surface area contributed by atoms with Crippen molar-refractivity contribution in [3.63, 3.8) is 0 Å². The molecule has 1 aliphatic rings. The Balaban J connectivity index is 1.69. The van der Waals surface area contributed by atoms with Crippen molar-refractivity contribution in [2.24, 2.45) is 0 Å². The van der Waals surface area contributed by atoms with Crippen LogP contribution in [-0.2, 0) is 14.4 Å². The molecule has 0 saturated carbocycles. The van der Waals surface area contributed by atoms with Crippen LogP contribution in [0.2, 0.25) is 0 Å². The van der Waals surface area contributed by atoms with Crippen LogP contribution in [0, 0.1) is 11.6 Å². The van der Waals surface area contributed by atoms with Gasteiger partial charge in [-0.3, -0.25) is 9.59 Å². The molecule has 0 atom stereocenters. The first kappa shape index (κ1) is 19.3. The Morgan fingerprint density at radius 3 is 2.32 bits per heavy atom. The Morgan fingerprint density at radius 2 is 1.55 bits per heavy atom. The number of fused-ring (bicyclic) bond motifs is 2. The van der Waals surface area contributed by atoms with Gasteiger partial charge in [0.25, 0.3) is 11.8 Å². The molecule has 0 aliphatic carbocycles. The number of hydrogen-bond acceptors (Lipinski definition) is 5. The third-order valence-corrected chi connectivity index (χ3v) is 6.25. The monoisotopic (exact) mass is 439 g/mol. The molecule has 154 valence electrons. The summed E-state index contributed by atoms with van der Waals surface area (Å²) in [5, 5.41) is 2.30. The second-order valence-electron chi connectivity index (χ2n) is 6.88. The topological polar surface area (TPSA) is 80.8 Å². The van der Waals surface area contributed by atoms with Crippen LogP contribution in [0.5, 0.6) is 0 Å². The van der Waals surface area contributed by atoms with Crippen LogP contribution in [0.1, 0.15) is 20.7 Å². The molecule has 0 saturated heterocycles. The number of hydroxylamine groups is 2. The van der Waals surface area contributed by atoms with Crippen LogP contribution in [0.15, 0.2) is 71.6 Å². The molecule has 1 aliphatic heterocycles. The molecule has 4 aromatic carbocycles. The van der Waals surface area contributed by atoms with Gasteiger partial charge in [0.1, 0.15) is 16.5 Å². The highest BCUT2D eigenvalue weighted by Gasteiger charge is 2.39. The SMILES string of the molecule is O=C1c2cccc3cc4ccccc4c(c23)C(=O)N1OS(=O)(=O)c1ccc(F)cc1F. The van der Waals surface area contributed by atoms with E-state index in [2.05, 4.69) is 0 Å². The van der Waals surface area contributed by atoms with Gasteiger partial charge in [-0.1, -0.05) is 36.4 Å². The summed E-state index contributed by atoms with van der Waals surface area (Å²) in [5.74, 6) is -4.42. The van der Waals surface area contributed by atoms with Crippen LogP contribution in [-0.4, -0.2) is 25.3 Å². The van der Waals surface area contributed by atoms with E-state index in [1.807, 2.05) is 6.07 Å². The summed E-state index contributed by atoms with van der Waals surface area (Å²) in [6.07, 6.45) is 0. The fourth-order valence-corrected chi connectivity index (χ4v) is 4.65. The van der Waals surface area contributed by atoms with Crippen LogP contribution in [0.25, 0.3) is 21.5 Å². The van der Waals surface area contributed by atoms with Crippen LogP contribution in [0.3, 0.4) is 0 Å². The number of carbonyl (C=O) groups excluding carboxylic acids is 2. The van der Waals surface area contributed by atoms with Gasteiger partial charge in [-0.25, -0.2) is 8.78 Å². The second kappa shape index (κ2) is 6.66. The second-order valence-corrected chi connectivity index (χ2v) is 8.38. The molecule has 0 radical (unpaired) electrons. The molecule has 2 amide bonds. The minimum Gasteiger partial charge on any atom is -0.266 e. The van der Waals surface area contributed by atoms with E-state index in [4.69, 9.17) is 4.28 Å². The van der Waals surface area contributed by atoms with E-state index in [9.17, 15) is 26.8 Å². The quantitative estimate of drug-likeness (QED) is 0.353. The number of imide groups is 1. The van der Waals surface area contributed by atoms with Gasteiger partial charge in [0, 0.05) is 11.5 Å². The standard InChI is InChI=1S/C22H11F2NO5S/c23-14-8-9-18(17(24)11-14)31(28,29)30-25-21(26)16-7-3-5-13-10-12-4-1-2-6-15(12)20(19(13)16)22(25)27/h1-11H. The van der Waals surface area contributed by atoms with Gasteiger partial charge in [0.2, 0.25) is 0 Å². The summed E-state index contributed by atoms with van der Waals surface area (Å²) in [6.45, 7) is 0. The average molecular weight is 439 g/mol. The molecular weight excluding hydrogens is 428 g/mol. The Kier molecular flexibility index (Phi) is 4.14. The summed E-state index contributed by atoms with van der Waals surface area (Å²) in [6, 6.07) is 15.2. The molecule has 1 heterocycles. The van der Waals surface area contributed by atoms with Gasteiger partial charge in [0.15, 0.2) is 0 Å². The van der Waals surface area contributed by atoms with Crippen molar-refractivity contribution >= 4 is 43.5 Å². The molecule has 5 rings (SSSR count). The van der Waals surface area contributed by atoms with Gasteiger partial charge < -0.3 is 0 Å². The van der Waals surface area contributed by atoms with E-state index >= 15 is 0 Å². The highest BCUT2D eigenvalue weighted by molar-refractivity contribution is 7.86. The number of hydrogen-bond donors (Lipinski definition) is 0. The maximum atomic E-state index is 14.0. The Morgan fingerprint density at radius 1 is 0.806 bits per heavy atom. The number of nitrogens with zero attached hydrogens (tertiary/aromatic N) is 1. The normalized spacial score (nSPS) is 13.9. The number of halogens is 2. The lowest BCUT2D eigenvalue weighted by molar-refractivity contribution is -0.0155. The van der Waals surface area contributed by atoms with Crippen molar-refractivity contribution < 1.29 is 31.1 Å². The fourth-order valence-electron chi connectivity index (χ4n) is 3.71. The third kappa shape index (κ3) is 2.89. The molecule has 0 bridgehead atoms. The predicted octanol–water partition coefficient (Wildman–Crippen LogP) is 4.19. The highest BCUT2D eigenvalue weighted by atomic mass is 32.2. The third-order valence-electron chi connectivity index (χ3n) is 5.04. The van der Waals surface area contributed by atoms with E-state index < -0.39 is 38.5 Å². The molecule has 0 N–H and O–H groups in total. The van der Waals surface area contributed by atoms with Crippen LogP contribution < -0.4 is 0 Å². The van der Waals surface area contributed by atoms with Crippen molar-refractivity contribution in [3.05, 3.63) is 89.5 Å². The predicted molar refractivity (Wildman–Crippen MR) is 107 cm³/mol. The molecule has 4 aromatic rings. The number of amides is 2. The van der Waals surface area contributed by atoms with Gasteiger partial charge in [-0.05, 0) is 40.4 Å². The smallest absolute Gasteiger partial charge is 0.266 e.